The molecule has 0 amide bonds. The van der Waals surface area contributed by atoms with Crippen LogP contribution in [0.4, 0.5) is 0 Å². The molecular formula is C11H21NO3. The number of likely N-dealkylation sites (N-methyl/N-ethyl adjacent to an activating group) is 1. The molecule has 4 nitrogen and oxygen atoms in total. The van der Waals surface area contributed by atoms with E-state index in [0.29, 0.717) is 5.57 Å². The van der Waals surface area contributed by atoms with Gasteiger partial charge in [0.25, 0.3) is 0 Å². The van der Waals surface area contributed by atoms with E-state index in [4.69, 9.17) is 9.84 Å². The summed E-state index contributed by atoms with van der Waals surface area (Å²) >= 11 is 0. The van der Waals surface area contributed by atoms with E-state index in [0.717, 1.165) is 0 Å². The third-order valence-electron chi connectivity index (χ3n) is 2.08. The van der Waals surface area contributed by atoms with Crippen LogP contribution < -0.4 is 0 Å². The quantitative estimate of drug-likeness (QED) is 0.544. The summed E-state index contributed by atoms with van der Waals surface area (Å²) < 4.78 is 4.87. The van der Waals surface area contributed by atoms with Crippen LogP contribution >= 0.6 is 0 Å². The zero-order chi connectivity index (χ0) is 12.0. The van der Waals surface area contributed by atoms with Gasteiger partial charge in [0, 0.05) is 11.6 Å². The van der Waals surface area contributed by atoms with Crippen molar-refractivity contribution in [3.8, 4) is 0 Å². The normalized spacial score (nSPS) is 16.3. The van der Waals surface area contributed by atoms with E-state index in [1.807, 2.05) is 32.0 Å². The van der Waals surface area contributed by atoms with Crippen molar-refractivity contribution in [2.45, 2.75) is 32.9 Å². The van der Waals surface area contributed by atoms with Gasteiger partial charge >= 0.3 is 5.97 Å². The first-order valence-corrected chi connectivity index (χ1v) is 5.04. The van der Waals surface area contributed by atoms with Crippen molar-refractivity contribution in [3.63, 3.8) is 0 Å². The summed E-state index contributed by atoms with van der Waals surface area (Å²) in [5.74, 6) is -0.371. The van der Waals surface area contributed by atoms with Gasteiger partial charge in [0.05, 0.1) is 6.10 Å². The molecule has 88 valence electrons. The Morgan fingerprint density at radius 1 is 1.47 bits per heavy atom. The predicted molar refractivity (Wildman–Crippen MR) is 59.5 cm³/mol. The molecule has 0 saturated heterocycles. The smallest absolute Gasteiger partial charge is 0.333 e. The Labute approximate surface area is 91.5 Å². The summed E-state index contributed by atoms with van der Waals surface area (Å²) in [6.07, 6.45) is 1.22. The highest BCUT2D eigenvalue weighted by molar-refractivity contribution is 5.87. The number of aliphatic hydroxyl groups is 1. The highest BCUT2D eigenvalue weighted by Crippen LogP contribution is 2.03. The molecule has 0 aliphatic rings. The molecule has 0 heterocycles. The molecule has 2 atom stereocenters. The average molecular weight is 215 g/mol. The molecule has 0 aromatic carbocycles. The van der Waals surface area contributed by atoms with Gasteiger partial charge < -0.3 is 14.7 Å². The maximum absolute atomic E-state index is 11.4. The first kappa shape index (κ1) is 14.1. The molecule has 0 aromatic rings. The maximum Gasteiger partial charge on any atom is 0.333 e. The average Bonchev–Trinajstić information content (AvgIpc) is 2.13. The minimum absolute atomic E-state index is 0.0420. The van der Waals surface area contributed by atoms with Gasteiger partial charge in [-0.05, 0) is 34.9 Å². The lowest BCUT2D eigenvalue weighted by Crippen LogP contribution is -2.24. The monoisotopic (exact) mass is 215 g/mol. The second-order valence-electron chi connectivity index (χ2n) is 4.00. The van der Waals surface area contributed by atoms with Crippen molar-refractivity contribution in [1.82, 2.24) is 4.90 Å². The Morgan fingerprint density at radius 3 is 2.40 bits per heavy atom. The number of nitrogens with zero attached hydrogens (tertiary/aromatic N) is 1. The van der Waals surface area contributed by atoms with Crippen molar-refractivity contribution in [2.24, 2.45) is 0 Å². The second kappa shape index (κ2) is 6.58. The van der Waals surface area contributed by atoms with E-state index < -0.39 is 6.10 Å². The van der Waals surface area contributed by atoms with Gasteiger partial charge in [-0.15, -0.1) is 0 Å². The number of rotatable bonds is 5. The van der Waals surface area contributed by atoms with Crippen LogP contribution in [-0.4, -0.2) is 48.8 Å². The van der Waals surface area contributed by atoms with Crippen LogP contribution in [0.1, 0.15) is 20.8 Å². The van der Waals surface area contributed by atoms with Crippen LogP contribution in [0, 0.1) is 0 Å². The largest absolute Gasteiger partial charge is 0.460 e. The molecule has 4 heteroatoms. The molecule has 15 heavy (non-hydrogen) atoms. The highest BCUT2D eigenvalue weighted by atomic mass is 16.5. The summed E-state index contributed by atoms with van der Waals surface area (Å²) in [5.41, 5.74) is 0.567. The third kappa shape index (κ3) is 6.25. The van der Waals surface area contributed by atoms with Gasteiger partial charge in [0.1, 0.15) is 6.61 Å². The maximum atomic E-state index is 11.4. The Balaban J connectivity index is 4.19. The first-order valence-electron chi connectivity index (χ1n) is 5.04. The van der Waals surface area contributed by atoms with Crippen molar-refractivity contribution < 1.29 is 14.6 Å². The zero-order valence-electron chi connectivity index (χ0n) is 10.2. The summed E-state index contributed by atoms with van der Waals surface area (Å²) in [5, 5.41) is 8.95. The molecule has 0 radical (unpaired) electrons. The second-order valence-corrected chi connectivity index (χ2v) is 4.00. The molecular weight excluding hydrogens is 194 g/mol. The van der Waals surface area contributed by atoms with Crippen LogP contribution in [-0.2, 0) is 9.53 Å². The molecule has 0 spiro atoms. The number of hydrogen-bond donors (Lipinski definition) is 1. The van der Waals surface area contributed by atoms with Gasteiger partial charge in [0.15, 0.2) is 0 Å². The van der Waals surface area contributed by atoms with Crippen LogP contribution in [0.3, 0.4) is 0 Å². The van der Waals surface area contributed by atoms with Crippen LogP contribution in [0.5, 0.6) is 0 Å². The molecule has 0 bridgehead atoms. The summed E-state index contributed by atoms with van der Waals surface area (Å²) in [6, 6.07) is 0.184. The van der Waals surface area contributed by atoms with E-state index in [-0.39, 0.29) is 18.6 Å². The number of carbonyl (C=O) groups excluding carboxylic acids is 1. The Kier molecular flexibility index (Phi) is 6.20. The third-order valence-corrected chi connectivity index (χ3v) is 2.08. The molecule has 1 N–H and O–H groups in total. The SMILES string of the molecule is CC(=CC(C)N(C)C)C(=O)OCC(C)O. The molecule has 0 saturated carbocycles. The lowest BCUT2D eigenvalue weighted by Gasteiger charge is -2.16. The van der Waals surface area contributed by atoms with Crippen molar-refractivity contribution >= 4 is 5.97 Å². The Bertz CT molecular complexity index is 234. The van der Waals surface area contributed by atoms with Crippen LogP contribution in [0.25, 0.3) is 0 Å². The van der Waals surface area contributed by atoms with Gasteiger partial charge in [-0.3, -0.25) is 0 Å². The van der Waals surface area contributed by atoms with Crippen LogP contribution in [0.2, 0.25) is 0 Å². The number of aliphatic hydroxyl groups excluding tert-OH is 1. The van der Waals surface area contributed by atoms with E-state index in [2.05, 4.69) is 0 Å². The summed E-state index contributed by atoms with van der Waals surface area (Å²) in [6.45, 7) is 5.32. The number of esters is 1. The van der Waals surface area contributed by atoms with E-state index in [1.54, 1.807) is 13.8 Å². The van der Waals surface area contributed by atoms with Crippen LogP contribution in [0.15, 0.2) is 11.6 Å². The fraction of sp³-hybridized carbons (Fsp3) is 0.727. The molecule has 0 fully saturated rings. The zero-order valence-corrected chi connectivity index (χ0v) is 10.2. The summed E-state index contributed by atoms with van der Waals surface area (Å²) in [7, 11) is 3.88. The lowest BCUT2D eigenvalue weighted by atomic mass is 10.2. The van der Waals surface area contributed by atoms with Gasteiger partial charge in [-0.1, -0.05) is 6.08 Å². The highest BCUT2D eigenvalue weighted by Gasteiger charge is 2.09. The van der Waals surface area contributed by atoms with Crippen molar-refractivity contribution in [3.05, 3.63) is 11.6 Å². The number of hydrogen-bond acceptors (Lipinski definition) is 4. The van der Waals surface area contributed by atoms with E-state index >= 15 is 0 Å². The molecule has 0 aliphatic heterocycles. The van der Waals surface area contributed by atoms with Crippen molar-refractivity contribution in [2.75, 3.05) is 20.7 Å². The van der Waals surface area contributed by atoms with E-state index in [1.165, 1.54) is 0 Å². The number of ether oxygens (including phenoxy) is 1. The van der Waals surface area contributed by atoms with Gasteiger partial charge in [-0.2, -0.15) is 0 Å². The molecule has 0 rings (SSSR count). The molecule has 0 aliphatic carbocycles. The first-order chi connectivity index (χ1) is 6.84. The minimum Gasteiger partial charge on any atom is -0.460 e. The Morgan fingerprint density at radius 2 is 2.00 bits per heavy atom. The standard InChI is InChI=1S/C11H21NO3/c1-8(6-9(2)12(4)5)11(14)15-7-10(3)13/h6,9-10,13H,7H2,1-5H3. The fourth-order valence-electron chi connectivity index (χ4n) is 0.889. The topological polar surface area (TPSA) is 49.8 Å². The minimum atomic E-state index is -0.618. The lowest BCUT2D eigenvalue weighted by molar-refractivity contribution is -0.141. The molecule has 0 aromatic heterocycles. The Hall–Kier alpha value is -0.870. The van der Waals surface area contributed by atoms with Gasteiger partial charge in [0.2, 0.25) is 0 Å². The fourth-order valence-corrected chi connectivity index (χ4v) is 0.889. The summed E-state index contributed by atoms with van der Waals surface area (Å²) in [4.78, 5) is 13.4. The predicted octanol–water partition coefficient (Wildman–Crippen LogP) is 0.807. The molecule has 2 unspecified atom stereocenters. The van der Waals surface area contributed by atoms with Gasteiger partial charge in [-0.25, -0.2) is 4.79 Å². The van der Waals surface area contributed by atoms with Crippen molar-refractivity contribution in [1.29, 1.82) is 0 Å². The number of carbonyl (C=O) groups is 1. The van der Waals surface area contributed by atoms with E-state index in [9.17, 15) is 4.79 Å².